The van der Waals surface area contributed by atoms with Crippen LogP contribution < -0.4 is 5.32 Å². The van der Waals surface area contributed by atoms with Gasteiger partial charge in [-0.15, -0.1) is 16.9 Å². The van der Waals surface area contributed by atoms with Crippen molar-refractivity contribution in [2.75, 3.05) is 11.6 Å². The maximum Gasteiger partial charge on any atom is 0.322 e. The quantitative estimate of drug-likeness (QED) is 0.745. The van der Waals surface area contributed by atoms with Crippen LogP contribution in [0.15, 0.2) is 56.4 Å². The molecule has 1 amide bonds. The molecule has 0 atom stereocenters. The highest BCUT2D eigenvalue weighted by Gasteiger charge is 2.15. The molecule has 0 fully saturated rings. The first-order valence-corrected chi connectivity index (χ1v) is 7.32. The second kappa shape index (κ2) is 5.84. The van der Waals surface area contributed by atoms with Crippen molar-refractivity contribution in [2.24, 2.45) is 0 Å². The molecule has 0 aliphatic carbocycles. The van der Waals surface area contributed by atoms with Crippen molar-refractivity contribution in [2.45, 2.75) is 4.90 Å². The van der Waals surface area contributed by atoms with Crippen LogP contribution in [0.25, 0.3) is 11.5 Å². The van der Waals surface area contributed by atoms with Gasteiger partial charge in [0.1, 0.15) is 0 Å². The molecule has 0 saturated carbocycles. The number of nitrogens with zero attached hydrogens (tertiary/aromatic N) is 2. The van der Waals surface area contributed by atoms with Crippen LogP contribution in [0, 0.1) is 0 Å². The summed E-state index contributed by atoms with van der Waals surface area (Å²) < 4.78 is 10.5. The average Bonchev–Trinajstić information content (AvgIpc) is 3.18. The Bertz CT molecular complexity index is 752. The van der Waals surface area contributed by atoms with Crippen LogP contribution in [0.1, 0.15) is 10.6 Å². The lowest BCUT2D eigenvalue weighted by atomic mass is 10.2. The van der Waals surface area contributed by atoms with Crippen LogP contribution in [-0.4, -0.2) is 22.4 Å². The molecule has 0 radical (unpaired) electrons. The molecule has 0 spiro atoms. The Hall–Kier alpha value is -2.54. The van der Waals surface area contributed by atoms with E-state index in [9.17, 15) is 4.79 Å². The number of nitrogens with one attached hydrogen (secondary N) is 1. The number of thioether (sulfide) groups is 1. The zero-order valence-electron chi connectivity index (χ0n) is 11.1. The van der Waals surface area contributed by atoms with Crippen LogP contribution in [0.4, 0.5) is 6.01 Å². The van der Waals surface area contributed by atoms with Crippen molar-refractivity contribution in [3.8, 4) is 11.5 Å². The number of hydrogen-bond acceptors (Lipinski definition) is 6. The standard InChI is InChI=1S/C14H11N3O3S/c1-21-11-7-3-2-5-9(11)13-16-17-14(20-13)15-12(18)10-6-4-8-19-10/h2-8H,1H3,(H,15,17,18). The van der Waals surface area contributed by atoms with Gasteiger partial charge in [-0.1, -0.05) is 17.2 Å². The summed E-state index contributed by atoms with van der Waals surface area (Å²) in [6, 6.07) is 10.9. The third-order valence-corrected chi connectivity index (χ3v) is 3.52. The number of carbonyl (C=O) groups excluding carboxylic acids is 1. The minimum absolute atomic E-state index is 0.0299. The fourth-order valence-corrected chi connectivity index (χ4v) is 2.36. The Kier molecular flexibility index (Phi) is 3.74. The summed E-state index contributed by atoms with van der Waals surface area (Å²) in [6.07, 6.45) is 3.39. The van der Waals surface area contributed by atoms with Gasteiger partial charge in [-0.25, -0.2) is 0 Å². The molecule has 0 aliphatic heterocycles. The normalized spacial score (nSPS) is 10.5. The Labute approximate surface area is 124 Å². The van der Waals surface area contributed by atoms with Crippen LogP contribution >= 0.6 is 11.8 Å². The number of furan rings is 1. The first-order valence-electron chi connectivity index (χ1n) is 6.09. The summed E-state index contributed by atoms with van der Waals surface area (Å²) in [7, 11) is 0. The van der Waals surface area contributed by atoms with Gasteiger partial charge in [0.15, 0.2) is 5.76 Å². The second-order valence-electron chi connectivity index (χ2n) is 4.04. The van der Waals surface area contributed by atoms with E-state index in [2.05, 4.69) is 15.5 Å². The van der Waals surface area contributed by atoms with Gasteiger partial charge in [0.25, 0.3) is 11.8 Å². The van der Waals surface area contributed by atoms with E-state index in [4.69, 9.17) is 8.83 Å². The number of amides is 1. The molecule has 6 nitrogen and oxygen atoms in total. The molecule has 0 saturated heterocycles. The smallest absolute Gasteiger partial charge is 0.322 e. The molecule has 0 unspecified atom stereocenters. The number of hydrogen-bond donors (Lipinski definition) is 1. The monoisotopic (exact) mass is 301 g/mol. The molecular weight excluding hydrogens is 290 g/mol. The highest BCUT2D eigenvalue weighted by atomic mass is 32.2. The number of anilines is 1. The van der Waals surface area contributed by atoms with E-state index >= 15 is 0 Å². The summed E-state index contributed by atoms with van der Waals surface area (Å²) in [6.45, 7) is 0. The first kappa shape index (κ1) is 13.4. The second-order valence-corrected chi connectivity index (χ2v) is 4.89. The van der Waals surface area contributed by atoms with Crippen LogP contribution in [0.2, 0.25) is 0 Å². The zero-order valence-corrected chi connectivity index (χ0v) is 11.9. The van der Waals surface area contributed by atoms with Crippen molar-refractivity contribution in [3.05, 3.63) is 48.4 Å². The molecule has 21 heavy (non-hydrogen) atoms. The van der Waals surface area contributed by atoms with Gasteiger partial charge in [-0.3, -0.25) is 10.1 Å². The fraction of sp³-hybridized carbons (Fsp3) is 0.0714. The summed E-state index contributed by atoms with van der Waals surface area (Å²) in [5.74, 6) is 0.0994. The Morgan fingerprint density at radius 1 is 1.19 bits per heavy atom. The SMILES string of the molecule is CSc1ccccc1-c1nnc(NC(=O)c2ccco2)o1. The van der Waals surface area contributed by atoms with E-state index in [1.807, 2.05) is 30.5 Å². The van der Waals surface area contributed by atoms with Gasteiger partial charge >= 0.3 is 6.01 Å². The highest BCUT2D eigenvalue weighted by molar-refractivity contribution is 7.98. The predicted octanol–water partition coefficient (Wildman–Crippen LogP) is 3.30. The third kappa shape index (κ3) is 2.82. The summed E-state index contributed by atoms with van der Waals surface area (Å²) in [4.78, 5) is 12.8. The lowest BCUT2D eigenvalue weighted by Crippen LogP contribution is -2.10. The molecule has 2 heterocycles. The molecule has 7 heteroatoms. The van der Waals surface area contributed by atoms with Crippen molar-refractivity contribution in [1.82, 2.24) is 10.2 Å². The minimum Gasteiger partial charge on any atom is -0.459 e. The van der Waals surface area contributed by atoms with Gasteiger partial charge in [-0.2, -0.15) is 0 Å². The fourth-order valence-electron chi connectivity index (χ4n) is 1.77. The summed E-state index contributed by atoms with van der Waals surface area (Å²) in [5.41, 5.74) is 0.830. The van der Waals surface area contributed by atoms with E-state index in [0.717, 1.165) is 10.5 Å². The highest BCUT2D eigenvalue weighted by Crippen LogP contribution is 2.29. The van der Waals surface area contributed by atoms with Crippen LogP contribution in [-0.2, 0) is 0 Å². The molecule has 0 aliphatic rings. The molecule has 1 N–H and O–H groups in total. The van der Waals surface area contributed by atoms with E-state index in [1.165, 1.54) is 6.26 Å². The Morgan fingerprint density at radius 3 is 2.81 bits per heavy atom. The first-order chi connectivity index (χ1) is 10.3. The lowest BCUT2D eigenvalue weighted by molar-refractivity contribution is 0.0994. The topological polar surface area (TPSA) is 81.2 Å². The molecule has 3 rings (SSSR count). The number of aromatic nitrogens is 2. The van der Waals surface area contributed by atoms with Crippen molar-refractivity contribution in [1.29, 1.82) is 0 Å². The van der Waals surface area contributed by atoms with Crippen LogP contribution in [0.5, 0.6) is 0 Å². The number of carbonyl (C=O) groups is 1. The summed E-state index contributed by atoms with van der Waals surface area (Å²) >= 11 is 1.58. The average molecular weight is 301 g/mol. The van der Waals surface area contributed by atoms with Crippen molar-refractivity contribution >= 4 is 23.7 Å². The van der Waals surface area contributed by atoms with E-state index in [-0.39, 0.29) is 11.8 Å². The number of rotatable bonds is 4. The van der Waals surface area contributed by atoms with Crippen molar-refractivity contribution < 1.29 is 13.6 Å². The summed E-state index contributed by atoms with van der Waals surface area (Å²) in [5, 5.41) is 10.3. The molecule has 2 aromatic heterocycles. The van der Waals surface area contributed by atoms with E-state index in [1.54, 1.807) is 23.9 Å². The van der Waals surface area contributed by atoms with Gasteiger partial charge in [-0.05, 0) is 30.5 Å². The Balaban J connectivity index is 1.82. The lowest BCUT2D eigenvalue weighted by Gasteiger charge is -2.01. The maximum absolute atomic E-state index is 11.8. The van der Waals surface area contributed by atoms with Gasteiger partial charge in [0.2, 0.25) is 0 Å². The minimum atomic E-state index is -0.437. The third-order valence-electron chi connectivity index (χ3n) is 2.73. The molecule has 3 aromatic rings. The largest absolute Gasteiger partial charge is 0.459 e. The van der Waals surface area contributed by atoms with E-state index in [0.29, 0.717) is 5.89 Å². The molecule has 106 valence electrons. The maximum atomic E-state index is 11.8. The molecule has 1 aromatic carbocycles. The van der Waals surface area contributed by atoms with Crippen LogP contribution in [0.3, 0.4) is 0 Å². The Morgan fingerprint density at radius 2 is 2.05 bits per heavy atom. The number of benzene rings is 1. The molecular formula is C14H11N3O3S. The van der Waals surface area contributed by atoms with Gasteiger partial charge in [0.05, 0.1) is 11.8 Å². The van der Waals surface area contributed by atoms with Gasteiger partial charge in [0, 0.05) is 4.90 Å². The predicted molar refractivity (Wildman–Crippen MR) is 78.2 cm³/mol. The van der Waals surface area contributed by atoms with Crippen molar-refractivity contribution in [3.63, 3.8) is 0 Å². The molecule has 0 bridgehead atoms. The van der Waals surface area contributed by atoms with Gasteiger partial charge < -0.3 is 8.83 Å². The van der Waals surface area contributed by atoms with E-state index < -0.39 is 5.91 Å². The zero-order chi connectivity index (χ0) is 14.7.